The third-order valence-corrected chi connectivity index (χ3v) is 3.20. The van der Waals surface area contributed by atoms with Gasteiger partial charge in [-0.2, -0.15) is 5.26 Å². The van der Waals surface area contributed by atoms with Crippen LogP contribution in [0.25, 0.3) is 0 Å². The van der Waals surface area contributed by atoms with Crippen LogP contribution in [0.4, 0.5) is 0 Å². The second-order valence-electron chi connectivity index (χ2n) is 5.41. The number of hydrogen-bond acceptors (Lipinski definition) is 4. The maximum Gasteiger partial charge on any atom is 0.166 e. The zero-order valence-electron chi connectivity index (χ0n) is 12.5. The lowest BCUT2D eigenvalue weighted by molar-refractivity contribution is 0.249. The number of aliphatic hydroxyl groups excluding tert-OH is 1. The van der Waals surface area contributed by atoms with Crippen LogP contribution in [0.3, 0.4) is 0 Å². The number of para-hydroxylation sites is 1. The van der Waals surface area contributed by atoms with E-state index in [0.29, 0.717) is 18.1 Å². The molecule has 4 heteroatoms. The van der Waals surface area contributed by atoms with E-state index in [4.69, 9.17) is 14.7 Å². The van der Waals surface area contributed by atoms with Gasteiger partial charge in [-0.25, -0.2) is 0 Å². The molecule has 0 aliphatic heterocycles. The SMILES string of the molecule is COc1cccc(CO)c1OCCCCC(C)(C)C#N. The minimum atomic E-state index is -0.277. The van der Waals surface area contributed by atoms with E-state index < -0.39 is 0 Å². The summed E-state index contributed by atoms with van der Waals surface area (Å²) in [4.78, 5) is 0. The molecule has 0 heterocycles. The van der Waals surface area contributed by atoms with E-state index in [9.17, 15) is 5.11 Å². The summed E-state index contributed by atoms with van der Waals surface area (Å²) in [6, 6.07) is 7.75. The van der Waals surface area contributed by atoms with Gasteiger partial charge in [0, 0.05) is 5.56 Å². The van der Waals surface area contributed by atoms with Gasteiger partial charge in [0.1, 0.15) is 0 Å². The standard InChI is InChI=1S/C16H23NO3/c1-16(2,12-17)9-4-5-10-20-15-13(11-18)7-6-8-14(15)19-3/h6-8,18H,4-5,9-11H2,1-3H3. The molecule has 4 nitrogen and oxygen atoms in total. The van der Waals surface area contributed by atoms with E-state index in [0.717, 1.165) is 24.8 Å². The van der Waals surface area contributed by atoms with Gasteiger partial charge in [-0.1, -0.05) is 12.1 Å². The average Bonchev–Trinajstić information content (AvgIpc) is 2.46. The Bertz CT molecular complexity index is 441. The predicted octanol–water partition coefficient (Wildman–Crippen LogP) is 3.29. The number of nitrogens with zero attached hydrogens (tertiary/aromatic N) is 1. The molecule has 110 valence electrons. The van der Waals surface area contributed by atoms with Crippen LogP contribution in [0.2, 0.25) is 0 Å². The van der Waals surface area contributed by atoms with Gasteiger partial charge in [-0.15, -0.1) is 0 Å². The van der Waals surface area contributed by atoms with Crippen molar-refractivity contribution >= 4 is 0 Å². The molecule has 1 rings (SSSR count). The molecule has 0 unspecified atom stereocenters. The number of hydrogen-bond donors (Lipinski definition) is 1. The van der Waals surface area contributed by atoms with E-state index in [1.54, 1.807) is 7.11 Å². The Balaban J connectivity index is 2.48. The highest BCUT2D eigenvalue weighted by Gasteiger charge is 2.15. The molecule has 0 radical (unpaired) electrons. The number of ether oxygens (including phenoxy) is 2. The van der Waals surface area contributed by atoms with Gasteiger partial charge in [0.2, 0.25) is 0 Å². The van der Waals surface area contributed by atoms with Crippen molar-refractivity contribution in [2.45, 2.75) is 39.7 Å². The Morgan fingerprint density at radius 3 is 2.65 bits per heavy atom. The van der Waals surface area contributed by atoms with Gasteiger partial charge in [0.25, 0.3) is 0 Å². The average molecular weight is 277 g/mol. The molecule has 20 heavy (non-hydrogen) atoms. The highest BCUT2D eigenvalue weighted by Crippen LogP contribution is 2.31. The summed E-state index contributed by atoms with van der Waals surface area (Å²) in [5, 5.41) is 18.2. The van der Waals surface area contributed by atoms with Gasteiger partial charge in [-0.3, -0.25) is 0 Å². The highest BCUT2D eigenvalue weighted by molar-refractivity contribution is 5.46. The maximum atomic E-state index is 9.31. The summed E-state index contributed by atoms with van der Waals surface area (Å²) in [6.45, 7) is 4.36. The molecule has 0 atom stereocenters. The number of benzene rings is 1. The van der Waals surface area contributed by atoms with Crippen molar-refractivity contribution in [3.8, 4) is 17.6 Å². The summed E-state index contributed by atoms with van der Waals surface area (Å²) < 4.78 is 11.0. The monoisotopic (exact) mass is 277 g/mol. The number of unbranched alkanes of at least 4 members (excludes halogenated alkanes) is 1. The van der Waals surface area contributed by atoms with Crippen LogP contribution >= 0.6 is 0 Å². The van der Waals surface area contributed by atoms with Crippen molar-refractivity contribution in [1.29, 1.82) is 5.26 Å². The molecule has 0 aliphatic rings. The van der Waals surface area contributed by atoms with E-state index >= 15 is 0 Å². The van der Waals surface area contributed by atoms with Crippen molar-refractivity contribution in [1.82, 2.24) is 0 Å². The summed E-state index contributed by atoms with van der Waals surface area (Å²) >= 11 is 0. The van der Waals surface area contributed by atoms with Gasteiger partial charge in [0.15, 0.2) is 11.5 Å². The molecule has 0 bridgehead atoms. The molecule has 0 saturated carbocycles. The van der Waals surface area contributed by atoms with Gasteiger partial charge in [-0.05, 0) is 39.2 Å². The minimum absolute atomic E-state index is 0.0754. The van der Waals surface area contributed by atoms with Crippen LogP contribution in [0.5, 0.6) is 11.5 Å². The fourth-order valence-corrected chi connectivity index (χ4v) is 1.91. The van der Waals surface area contributed by atoms with Crippen molar-refractivity contribution in [3.05, 3.63) is 23.8 Å². The summed E-state index contributed by atoms with van der Waals surface area (Å²) in [5.74, 6) is 1.24. The predicted molar refractivity (Wildman–Crippen MR) is 77.7 cm³/mol. The molecule has 0 saturated heterocycles. The van der Waals surface area contributed by atoms with Crippen LogP contribution in [0.15, 0.2) is 18.2 Å². The fourth-order valence-electron chi connectivity index (χ4n) is 1.91. The van der Waals surface area contributed by atoms with Gasteiger partial charge < -0.3 is 14.6 Å². The van der Waals surface area contributed by atoms with E-state index in [1.807, 2.05) is 32.0 Å². The Morgan fingerprint density at radius 2 is 2.05 bits per heavy atom. The van der Waals surface area contributed by atoms with Gasteiger partial charge >= 0.3 is 0 Å². The first-order valence-electron chi connectivity index (χ1n) is 6.85. The quantitative estimate of drug-likeness (QED) is 0.741. The van der Waals surface area contributed by atoms with Gasteiger partial charge in [0.05, 0.1) is 31.8 Å². The largest absolute Gasteiger partial charge is 0.493 e. The Morgan fingerprint density at radius 1 is 1.30 bits per heavy atom. The summed E-state index contributed by atoms with van der Waals surface area (Å²) in [7, 11) is 1.58. The van der Waals surface area contributed by atoms with Crippen molar-refractivity contribution in [2.75, 3.05) is 13.7 Å². The zero-order chi connectivity index (χ0) is 15.0. The first-order chi connectivity index (χ1) is 9.54. The molecule has 0 aromatic heterocycles. The fraction of sp³-hybridized carbons (Fsp3) is 0.562. The number of aliphatic hydroxyl groups is 1. The summed E-state index contributed by atoms with van der Waals surface area (Å²) in [6.07, 6.45) is 2.66. The third-order valence-electron chi connectivity index (χ3n) is 3.20. The van der Waals surface area contributed by atoms with Crippen molar-refractivity contribution < 1.29 is 14.6 Å². The van der Waals surface area contributed by atoms with Crippen LogP contribution in [0, 0.1) is 16.7 Å². The molecule has 1 N–H and O–H groups in total. The smallest absolute Gasteiger partial charge is 0.166 e. The third kappa shape index (κ3) is 4.75. The second kappa shape index (κ2) is 7.76. The lowest BCUT2D eigenvalue weighted by Crippen LogP contribution is -2.09. The van der Waals surface area contributed by atoms with Crippen LogP contribution in [-0.4, -0.2) is 18.8 Å². The zero-order valence-corrected chi connectivity index (χ0v) is 12.5. The number of methoxy groups -OCH3 is 1. The molecule has 0 fully saturated rings. The first kappa shape index (κ1) is 16.3. The topological polar surface area (TPSA) is 62.5 Å². The van der Waals surface area contributed by atoms with Crippen LogP contribution in [-0.2, 0) is 6.61 Å². The summed E-state index contributed by atoms with van der Waals surface area (Å²) in [5.41, 5.74) is 0.447. The Hall–Kier alpha value is -1.73. The van der Waals surface area contributed by atoms with Crippen molar-refractivity contribution in [3.63, 3.8) is 0 Å². The molecule has 1 aromatic rings. The molecule has 1 aromatic carbocycles. The molecule has 0 aliphatic carbocycles. The highest BCUT2D eigenvalue weighted by atomic mass is 16.5. The maximum absolute atomic E-state index is 9.31. The van der Waals surface area contributed by atoms with E-state index in [1.165, 1.54) is 0 Å². The molecule has 0 spiro atoms. The Kier molecular flexibility index (Phi) is 6.33. The number of nitriles is 1. The lowest BCUT2D eigenvalue weighted by Gasteiger charge is -2.16. The van der Waals surface area contributed by atoms with Crippen LogP contribution < -0.4 is 9.47 Å². The molecular weight excluding hydrogens is 254 g/mol. The Labute approximate surface area is 120 Å². The van der Waals surface area contributed by atoms with E-state index in [2.05, 4.69) is 6.07 Å². The lowest BCUT2D eigenvalue weighted by atomic mass is 9.89. The molecule has 0 amide bonds. The first-order valence-corrected chi connectivity index (χ1v) is 6.85. The number of rotatable bonds is 8. The molecular formula is C16H23NO3. The minimum Gasteiger partial charge on any atom is -0.493 e. The van der Waals surface area contributed by atoms with Crippen LogP contribution in [0.1, 0.15) is 38.7 Å². The van der Waals surface area contributed by atoms with Crippen molar-refractivity contribution in [2.24, 2.45) is 5.41 Å². The second-order valence-corrected chi connectivity index (χ2v) is 5.41. The normalized spacial score (nSPS) is 10.9. The van der Waals surface area contributed by atoms with E-state index in [-0.39, 0.29) is 12.0 Å².